The van der Waals surface area contributed by atoms with Gasteiger partial charge in [-0.25, -0.2) is 4.98 Å². The molecule has 0 fully saturated rings. The van der Waals surface area contributed by atoms with Gasteiger partial charge in [0.15, 0.2) is 5.13 Å². The van der Waals surface area contributed by atoms with Crippen LogP contribution in [0.25, 0.3) is 0 Å². The van der Waals surface area contributed by atoms with Gasteiger partial charge in [-0.3, -0.25) is 0 Å². The minimum absolute atomic E-state index is 0.223. The second kappa shape index (κ2) is 3.87. The molecule has 1 atom stereocenters. The largest absolute Gasteiger partial charge is 0.354 e. The first kappa shape index (κ1) is 9.48. The third-order valence-electron chi connectivity index (χ3n) is 1.45. The number of hydrogen-bond donors (Lipinski definition) is 1. The van der Waals surface area contributed by atoms with E-state index in [2.05, 4.69) is 4.98 Å². The Balaban J connectivity index is 2.64. The molecule has 0 aliphatic rings. The van der Waals surface area contributed by atoms with Crippen LogP contribution in [0.2, 0.25) is 0 Å². The van der Waals surface area contributed by atoms with Gasteiger partial charge in [0.25, 0.3) is 0 Å². The van der Waals surface area contributed by atoms with Crippen LogP contribution in [0.4, 0.5) is 5.13 Å². The monoisotopic (exact) mass is 185 g/mol. The Morgan fingerprint density at radius 2 is 2.33 bits per heavy atom. The first-order valence-corrected chi connectivity index (χ1v) is 4.79. The predicted octanol–water partition coefficient (Wildman–Crippen LogP) is 1.10. The zero-order chi connectivity index (χ0) is 9.14. The van der Waals surface area contributed by atoms with Crippen LogP contribution in [0.15, 0.2) is 6.20 Å². The average Bonchev–Trinajstić information content (AvgIpc) is 2.34. The van der Waals surface area contributed by atoms with Gasteiger partial charge in [-0.15, -0.1) is 11.3 Å². The molecular formula is C8H15N3S. The zero-order valence-electron chi connectivity index (χ0n) is 7.74. The number of hydrogen-bond acceptors (Lipinski definition) is 4. The van der Waals surface area contributed by atoms with Crippen molar-refractivity contribution in [2.75, 3.05) is 19.0 Å². The van der Waals surface area contributed by atoms with Gasteiger partial charge in [0, 0.05) is 31.2 Å². The maximum Gasteiger partial charge on any atom is 0.184 e. The Morgan fingerprint density at radius 1 is 1.67 bits per heavy atom. The van der Waals surface area contributed by atoms with Crippen molar-refractivity contribution in [3.8, 4) is 0 Å². The summed E-state index contributed by atoms with van der Waals surface area (Å²) < 4.78 is 0. The van der Waals surface area contributed by atoms with Gasteiger partial charge in [-0.05, 0) is 13.3 Å². The second-order valence-electron chi connectivity index (χ2n) is 3.18. The standard InChI is InChI=1S/C8H15N3S/c1-6(9)4-7-5-10-8(12-7)11(2)3/h5-6H,4,9H2,1-3H3/t6-/m0/s1. The fourth-order valence-corrected chi connectivity index (χ4v) is 1.89. The molecular weight excluding hydrogens is 170 g/mol. The van der Waals surface area contributed by atoms with Crippen molar-refractivity contribution in [1.29, 1.82) is 0 Å². The summed E-state index contributed by atoms with van der Waals surface area (Å²) in [5, 5.41) is 1.05. The van der Waals surface area contributed by atoms with Crippen molar-refractivity contribution in [1.82, 2.24) is 4.98 Å². The summed E-state index contributed by atoms with van der Waals surface area (Å²) in [5.74, 6) is 0. The molecule has 12 heavy (non-hydrogen) atoms. The number of aromatic nitrogens is 1. The SMILES string of the molecule is C[C@H](N)Cc1cnc(N(C)C)s1. The lowest BCUT2D eigenvalue weighted by atomic mass is 10.2. The Morgan fingerprint density at radius 3 is 2.75 bits per heavy atom. The van der Waals surface area contributed by atoms with E-state index in [1.807, 2.05) is 32.1 Å². The van der Waals surface area contributed by atoms with E-state index in [1.54, 1.807) is 11.3 Å². The molecule has 1 rings (SSSR count). The number of anilines is 1. The molecule has 0 aliphatic heterocycles. The molecule has 3 nitrogen and oxygen atoms in total. The molecule has 0 aromatic carbocycles. The van der Waals surface area contributed by atoms with E-state index in [0.717, 1.165) is 11.6 Å². The Hall–Kier alpha value is -0.610. The van der Waals surface area contributed by atoms with E-state index in [4.69, 9.17) is 5.73 Å². The lowest BCUT2D eigenvalue weighted by molar-refractivity contribution is 0.745. The third kappa shape index (κ3) is 2.46. The molecule has 1 aromatic rings. The highest BCUT2D eigenvalue weighted by molar-refractivity contribution is 7.15. The van der Waals surface area contributed by atoms with Crippen molar-refractivity contribution < 1.29 is 0 Å². The summed E-state index contributed by atoms with van der Waals surface area (Å²) in [5.41, 5.74) is 5.68. The highest BCUT2D eigenvalue weighted by atomic mass is 32.1. The Kier molecular flexibility index (Phi) is 3.05. The van der Waals surface area contributed by atoms with Gasteiger partial charge >= 0.3 is 0 Å². The zero-order valence-corrected chi connectivity index (χ0v) is 8.56. The molecule has 0 aliphatic carbocycles. The quantitative estimate of drug-likeness (QED) is 0.766. The van der Waals surface area contributed by atoms with E-state index >= 15 is 0 Å². The van der Waals surface area contributed by atoms with Crippen molar-refractivity contribution in [2.24, 2.45) is 5.73 Å². The predicted molar refractivity (Wildman–Crippen MR) is 53.8 cm³/mol. The van der Waals surface area contributed by atoms with Crippen LogP contribution in [0.5, 0.6) is 0 Å². The number of nitrogens with two attached hydrogens (primary N) is 1. The lowest BCUT2D eigenvalue weighted by Crippen LogP contribution is -2.16. The van der Waals surface area contributed by atoms with Crippen LogP contribution in [0, 0.1) is 0 Å². The molecule has 0 amide bonds. The van der Waals surface area contributed by atoms with E-state index in [1.165, 1.54) is 4.88 Å². The van der Waals surface area contributed by atoms with Crippen molar-refractivity contribution >= 4 is 16.5 Å². The first-order chi connectivity index (χ1) is 5.59. The van der Waals surface area contributed by atoms with E-state index < -0.39 is 0 Å². The van der Waals surface area contributed by atoms with Crippen LogP contribution in [0.1, 0.15) is 11.8 Å². The lowest BCUT2D eigenvalue weighted by Gasteiger charge is -2.05. The van der Waals surface area contributed by atoms with Crippen LogP contribution in [-0.2, 0) is 6.42 Å². The van der Waals surface area contributed by atoms with E-state index in [9.17, 15) is 0 Å². The molecule has 1 aromatic heterocycles. The number of rotatable bonds is 3. The Labute approximate surface area is 77.2 Å². The molecule has 4 heteroatoms. The minimum Gasteiger partial charge on any atom is -0.354 e. The third-order valence-corrected chi connectivity index (χ3v) is 2.63. The Bertz CT molecular complexity index is 242. The summed E-state index contributed by atoms with van der Waals surface area (Å²) in [6.07, 6.45) is 2.83. The van der Waals surface area contributed by atoms with Crippen LogP contribution in [0.3, 0.4) is 0 Å². The number of thiazole rings is 1. The summed E-state index contributed by atoms with van der Waals surface area (Å²) in [6.45, 7) is 2.01. The molecule has 0 saturated heterocycles. The minimum atomic E-state index is 0.223. The molecule has 68 valence electrons. The first-order valence-electron chi connectivity index (χ1n) is 3.97. The summed E-state index contributed by atoms with van der Waals surface area (Å²) in [6, 6.07) is 0.223. The summed E-state index contributed by atoms with van der Waals surface area (Å²) >= 11 is 1.70. The van der Waals surface area contributed by atoms with Crippen molar-refractivity contribution in [3.05, 3.63) is 11.1 Å². The van der Waals surface area contributed by atoms with Crippen LogP contribution >= 0.6 is 11.3 Å². The van der Waals surface area contributed by atoms with E-state index in [0.29, 0.717) is 0 Å². The van der Waals surface area contributed by atoms with Gasteiger partial charge < -0.3 is 10.6 Å². The van der Waals surface area contributed by atoms with E-state index in [-0.39, 0.29) is 6.04 Å². The van der Waals surface area contributed by atoms with Crippen LogP contribution < -0.4 is 10.6 Å². The van der Waals surface area contributed by atoms with Gasteiger partial charge in [0.2, 0.25) is 0 Å². The van der Waals surface area contributed by atoms with Gasteiger partial charge in [-0.2, -0.15) is 0 Å². The highest BCUT2D eigenvalue weighted by Gasteiger charge is 2.04. The van der Waals surface area contributed by atoms with Gasteiger partial charge in [0.05, 0.1) is 0 Å². The maximum atomic E-state index is 5.68. The molecule has 1 heterocycles. The highest BCUT2D eigenvalue weighted by Crippen LogP contribution is 2.20. The van der Waals surface area contributed by atoms with Crippen LogP contribution in [-0.4, -0.2) is 25.1 Å². The smallest absolute Gasteiger partial charge is 0.184 e. The number of nitrogens with zero attached hydrogens (tertiary/aromatic N) is 2. The fraction of sp³-hybridized carbons (Fsp3) is 0.625. The average molecular weight is 185 g/mol. The van der Waals surface area contributed by atoms with Gasteiger partial charge in [-0.1, -0.05) is 0 Å². The summed E-state index contributed by atoms with van der Waals surface area (Å²) in [4.78, 5) is 7.52. The molecule has 2 N–H and O–H groups in total. The molecule has 0 radical (unpaired) electrons. The summed E-state index contributed by atoms with van der Waals surface area (Å²) in [7, 11) is 3.99. The molecule has 0 bridgehead atoms. The maximum absolute atomic E-state index is 5.68. The molecule has 0 spiro atoms. The molecule has 0 unspecified atom stereocenters. The van der Waals surface area contributed by atoms with Gasteiger partial charge in [0.1, 0.15) is 0 Å². The molecule has 0 saturated carbocycles. The van der Waals surface area contributed by atoms with Crippen molar-refractivity contribution in [3.63, 3.8) is 0 Å². The second-order valence-corrected chi connectivity index (χ2v) is 4.28. The van der Waals surface area contributed by atoms with Crippen molar-refractivity contribution in [2.45, 2.75) is 19.4 Å². The fourth-order valence-electron chi connectivity index (χ4n) is 0.916. The topological polar surface area (TPSA) is 42.1 Å². The normalized spacial score (nSPS) is 13.0.